The fraction of sp³-hybridized carbons (Fsp3) is 0.643. The highest BCUT2D eigenvalue weighted by Gasteiger charge is 2.16. The summed E-state index contributed by atoms with van der Waals surface area (Å²) in [5, 5.41) is 3.52. The first-order chi connectivity index (χ1) is 7.91. The molecule has 0 amide bonds. The van der Waals surface area contributed by atoms with Crippen molar-refractivity contribution in [2.75, 3.05) is 7.11 Å². The second-order valence-corrected chi connectivity index (χ2v) is 5.14. The summed E-state index contributed by atoms with van der Waals surface area (Å²) < 4.78 is 5.41. The molecular formula is C14H24N2O. The van der Waals surface area contributed by atoms with Crippen molar-refractivity contribution in [3.8, 4) is 5.75 Å². The van der Waals surface area contributed by atoms with Gasteiger partial charge in [0, 0.05) is 29.4 Å². The maximum absolute atomic E-state index is 5.41. The minimum absolute atomic E-state index is 0.145. The van der Waals surface area contributed by atoms with Gasteiger partial charge in [0.1, 0.15) is 5.75 Å². The average Bonchev–Trinajstić information content (AvgIpc) is 2.29. The molecule has 0 fully saturated rings. The molecule has 0 aliphatic rings. The van der Waals surface area contributed by atoms with Gasteiger partial charge in [-0.05, 0) is 34.1 Å². The van der Waals surface area contributed by atoms with E-state index in [9.17, 15) is 0 Å². The molecule has 17 heavy (non-hydrogen) atoms. The molecule has 0 bridgehead atoms. The van der Waals surface area contributed by atoms with Gasteiger partial charge < -0.3 is 10.1 Å². The van der Waals surface area contributed by atoms with E-state index in [4.69, 9.17) is 4.74 Å². The third-order valence-electron chi connectivity index (χ3n) is 3.37. The number of hydrogen-bond acceptors (Lipinski definition) is 3. The number of nitrogens with zero attached hydrogens (tertiary/aromatic N) is 1. The standard InChI is InChI=1S/C14H24N2O/c1-7-14(4,5)16-9-12-11(3)13(17-6)10(2)8-15-12/h8,16H,7,9H2,1-6H3. The van der Waals surface area contributed by atoms with Crippen LogP contribution in [0.15, 0.2) is 6.20 Å². The number of aryl methyl sites for hydroxylation is 1. The molecule has 0 aliphatic carbocycles. The van der Waals surface area contributed by atoms with Gasteiger partial charge in [-0.1, -0.05) is 6.92 Å². The van der Waals surface area contributed by atoms with Crippen LogP contribution in [-0.4, -0.2) is 17.6 Å². The highest BCUT2D eigenvalue weighted by molar-refractivity contribution is 5.41. The number of aromatic nitrogens is 1. The molecule has 0 aliphatic heterocycles. The fourth-order valence-corrected chi connectivity index (χ4v) is 1.70. The fourth-order valence-electron chi connectivity index (χ4n) is 1.70. The smallest absolute Gasteiger partial charge is 0.128 e. The van der Waals surface area contributed by atoms with Gasteiger partial charge in [-0.3, -0.25) is 4.98 Å². The summed E-state index contributed by atoms with van der Waals surface area (Å²) >= 11 is 0. The molecule has 0 saturated carbocycles. The van der Waals surface area contributed by atoms with E-state index in [0.29, 0.717) is 0 Å². The molecule has 1 aromatic rings. The first kappa shape index (κ1) is 14.0. The zero-order valence-corrected chi connectivity index (χ0v) is 11.8. The molecule has 0 saturated heterocycles. The van der Waals surface area contributed by atoms with E-state index in [-0.39, 0.29) is 5.54 Å². The Morgan fingerprint density at radius 3 is 2.53 bits per heavy atom. The Hall–Kier alpha value is -1.09. The van der Waals surface area contributed by atoms with E-state index >= 15 is 0 Å². The largest absolute Gasteiger partial charge is 0.496 e. The summed E-state index contributed by atoms with van der Waals surface area (Å²) in [5.74, 6) is 0.950. The zero-order valence-electron chi connectivity index (χ0n) is 11.8. The minimum Gasteiger partial charge on any atom is -0.496 e. The normalized spacial score (nSPS) is 11.6. The van der Waals surface area contributed by atoms with Gasteiger partial charge in [0.15, 0.2) is 0 Å². The quantitative estimate of drug-likeness (QED) is 0.853. The first-order valence-electron chi connectivity index (χ1n) is 6.15. The maximum Gasteiger partial charge on any atom is 0.128 e. The van der Waals surface area contributed by atoms with Crippen LogP contribution in [-0.2, 0) is 6.54 Å². The van der Waals surface area contributed by atoms with Crippen LogP contribution in [0.5, 0.6) is 5.75 Å². The van der Waals surface area contributed by atoms with Gasteiger partial charge in [0.2, 0.25) is 0 Å². The number of hydrogen-bond donors (Lipinski definition) is 1. The molecule has 0 aromatic carbocycles. The lowest BCUT2D eigenvalue weighted by atomic mass is 10.0. The highest BCUT2D eigenvalue weighted by atomic mass is 16.5. The third-order valence-corrected chi connectivity index (χ3v) is 3.37. The summed E-state index contributed by atoms with van der Waals surface area (Å²) in [6.45, 7) is 11.5. The van der Waals surface area contributed by atoms with Crippen molar-refractivity contribution in [3.63, 3.8) is 0 Å². The Labute approximate surface area is 105 Å². The van der Waals surface area contributed by atoms with Crippen molar-refractivity contribution in [2.24, 2.45) is 0 Å². The number of ether oxygens (including phenoxy) is 1. The lowest BCUT2D eigenvalue weighted by Crippen LogP contribution is -2.38. The predicted octanol–water partition coefficient (Wildman–Crippen LogP) is 2.99. The van der Waals surface area contributed by atoms with Gasteiger partial charge in [-0.25, -0.2) is 0 Å². The van der Waals surface area contributed by atoms with E-state index in [1.807, 2.05) is 13.1 Å². The molecule has 1 rings (SSSR count). The second-order valence-electron chi connectivity index (χ2n) is 5.14. The van der Waals surface area contributed by atoms with Crippen LogP contribution in [0.4, 0.5) is 0 Å². The third kappa shape index (κ3) is 3.43. The molecule has 0 atom stereocenters. The maximum atomic E-state index is 5.41. The summed E-state index contributed by atoms with van der Waals surface area (Å²) in [6.07, 6.45) is 2.97. The van der Waals surface area contributed by atoms with Crippen LogP contribution in [0.3, 0.4) is 0 Å². The van der Waals surface area contributed by atoms with Crippen molar-refractivity contribution in [1.29, 1.82) is 0 Å². The monoisotopic (exact) mass is 236 g/mol. The van der Waals surface area contributed by atoms with Crippen LogP contribution in [0.25, 0.3) is 0 Å². The van der Waals surface area contributed by atoms with Crippen LogP contribution in [0.2, 0.25) is 0 Å². The summed E-state index contributed by atoms with van der Waals surface area (Å²) in [6, 6.07) is 0. The topological polar surface area (TPSA) is 34.2 Å². The minimum atomic E-state index is 0.145. The Balaban J connectivity index is 2.86. The summed E-state index contributed by atoms with van der Waals surface area (Å²) in [5.41, 5.74) is 3.43. The molecule has 96 valence electrons. The second kappa shape index (κ2) is 5.50. The molecule has 0 unspecified atom stereocenters. The Kier molecular flexibility index (Phi) is 4.52. The van der Waals surface area contributed by atoms with E-state index in [0.717, 1.165) is 35.5 Å². The molecule has 3 nitrogen and oxygen atoms in total. The van der Waals surface area contributed by atoms with Crippen LogP contribution in [0, 0.1) is 13.8 Å². The molecule has 1 aromatic heterocycles. The lowest BCUT2D eigenvalue weighted by Gasteiger charge is -2.25. The first-order valence-corrected chi connectivity index (χ1v) is 6.15. The summed E-state index contributed by atoms with van der Waals surface area (Å²) in [4.78, 5) is 4.48. The van der Waals surface area contributed by atoms with Crippen molar-refractivity contribution in [1.82, 2.24) is 10.3 Å². The van der Waals surface area contributed by atoms with E-state index in [1.165, 1.54) is 0 Å². The molecule has 3 heteroatoms. The number of methoxy groups -OCH3 is 1. The SMILES string of the molecule is CCC(C)(C)NCc1ncc(C)c(OC)c1C. The van der Waals surface area contributed by atoms with Crippen molar-refractivity contribution in [3.05, 3.63) is 23.0 Å². The predicted molar refractivity (Wildman–Crippen MR) is 71.5 cm³/mol. The molecule has 0 radical (unpaired) electrons. The van der Waals surface area contributed by atoms with Crippen molar-refractivity contribution in [2.45, 2.75) is 53.1 Å². The average molecular weight is 236 g/mol. The molecular weight excluding hydrogens is 212 g/mol. The van der Waals surface area contributed by atoms with E-state index < -0.39 is 0 Å². The Morgan fingerprint density at radius 2 is 2.00 bits per heavy atom. The molecule has 1 N–H and O–H groups in total. The van der Waals surface area contributed by atoms with Gasteiger partial charge >= 0.3 is 0 Å². The van der Waals surface area contributed by atoms with Gasteiger partial charge in [0.05, 0.1) is 12.8 Å². The lowest BCUT2D eigenvalue weighted by molar-refractivity contribution is 0.369. The van der Waals surface area contributed by atoms with Crippen molar-refractivity contribution < 1.29 is 4.74 Å². The number of pyridine rings is 1. The van der Waals surface area contributed by atoms with Crippen LogP contribution >= 0.6 is 0 Å². The van der Waals surface area contributed by atoms with Crippen LogP contribution < -0.4 is 10.1 Å². The van der Waals surface area contributed by atoms with Gasteiger partial charge in [0.25, 0.3) is 0 Å². The Morgan fingerprint density at radius 1 is 1.35 bits per heavy atom. The Bertz CT molecular complexity index is 386. The van der Waals surface area contributed by atoms with E-state index in [2.05, 4.69) is 38.0 Å². The molecule has 1 heterocycles. The van der Waals surface area contributed by atoms with E-state index in [1.54, 1.807) is 7.11 Å². The zero-order chi connectivity index (χ0) is 13.1. The van der Waals surface area contributed by atoms with Crippen LogP contribution in [0.1, 0.15) is 44.0 Å². The van der Waals surface area contributed by atoms with Crippen molar-refractivity contribution >= 4 is 0 Å². The molecule has 0 spiro atoms. The highest BCUT2D eigenvalue weighted by Crippen LogP contribution is 2.24. The number of nitrogens with one attached hydrogen (secondary N) is 1. The number of rotatable bonds is 5. The van der Waals surface area contributed by atoms with Gasteiger partial charge in [-0.2, -0.15) is 0 Å². The summed E-state index contributed by atoms with van der Waals surface area (Å²) in [7, 11) is 1.71. The van der Waals surface area contributed by atoms with Gasteiger partial charge in [-0.15, -0.1) is 0 Å².